The van der Waals surface area contributed by atoms with Gasteiger partial charge in [0.1, 0.15) is 12.4 Å². The second-order valence-electron chi connectivity index (χ2n) is 7.14. The number of amides is 1. The van der Waals surface area contributed by atoms with E-state index < -0.39 is 0 Å². The number of aromatic nitrogens is 3. The lowest BCUT2D eigenvalue weighted by molar-refractivity contribution is -0.122. The normalized spacial score (nSPS) is 16.6. The Hall–Kier alpha value is -2.36. The molecule has 2 aromatic rings. The van der Waals surface area contributed by atoms with Gasteiger partial charge < -0.3 is 25.3 Å². The van der Waals surface area contributed by atoms with Gasteiger partial charge in [-0.1, -0.05) is 6.07 Å². The summed E-state index contributed by atoms with van der Waals surface area (Å²) < 4.78 is 17.7. The largest absolute Gasteiger partial charge is 0.493 e. The monoisotopic (exact) mass is 439 g/mol. The summed E-state index contributed by atoms with van der Waals surface area (Å²) in [5, 5.41) is 7.41. The van der Waals surface area contributed by atoms with Crippen LogP contribution in [0.5, 0.6) is 11.5 Å². The number of methoxy groups -OCH3 is 2. The third-order valence-electron chi connectivity index (χ3n) is 4.81. The molecule has 10 heteroatoms. The Bertz CT molecular complexity index is 837. The maximum absolute atomic E-state index is 12.3. The van der Waals surface area contributed by atoms with Gasteiger partial charge in [0.15, 0.2) is 17.3 Å². The van der Waals surface area contributed by atoms with Gasteiger partial charge in [-0.2, -0.15) is 5.10 Å². The SMILES string of the molecule is COc1ccc(Cc2nc([C@@H](C)N)n(CC(=O)NC[C@@H]3CCCO3)n2)cc1OC.Cl. The highest BCUT2D eigenvalue weighted by atomic mass is 35.5. The molecule has 0 spiro atoms. The minimum Gasteiger partial charge on any atom is -0.493 e. The maximum Gasteiger partial charge on any atom is 0.241 e. The third-order valence-corrected chi connectivity index (χ3v) is 4.81. The molecule has 0 bridgehead atoms. The number of carbonyl (C=O) groups is 1. The molecule has 0 radical (unpaired) electrons. The second kappa shape index (κ2) is 11.1. The molecule has 166 valence electrons. The number of rotatable bonds is 9. The van der Waals surface area contributed by atoms with Crippen molar-refractivity contribution in [3.05, 3.63) is 35.4 Å². The third kappa shape index (κ3) is 6.07. The molecule has 1 aromatic heterocycles. The molecule has 9 nitrogen and oxygen atoms in total. The number of halogens is 1. The molecule has 2 atom stereocenters. The van der Waals surface area contributed by atoms with Crippen LogP contribution in [0.25, 0.3) is 0 Å². The molecule has 1 aromatic carbocycles. The fourth-order valence-corrected chi connectivity index (χ4v) is 3.33. The van der Waals surface area contributed by atoms with Gasteiger partial charge >= 0.3 is 0 Å². The van der Waals surface area contributed by atoms with Crippen molar-refractivity contribution >= 4 is 18.3 Å². The van der Waals surface area contributed by atoms with Crippen LogP contribution >= 0.6 is 12.4 Å². The maximum atomic E-state index is 12.3. The summed E-state index contributed by atoms with van der Waals surface area (Å²) in [4.78, 5) is 16.9. The first-order valence-electron chi connectivity index (χ1n) is 9.78. The van der Waals surface area contributed by atoms with E-state index >= 15 is 0 Å². The predicted molar refractivity (Wildman–Crippen MR) is 114 cm³/mol. The molecule has 3 rings (SSSR count). The Morgan fingerprint density at radius 3 is 2.77 bits per heavy atom. The summed E-state index contributed by atoms with van der Waals surface area (Å²) >= 11 is 0. The summed E-state index contributed by atoms with van der Waals surface area (Å²) in [5.41, 5.74) is 7.01. The molecule has 0 aliphatic carbocycles. The van der Waals surface area contributed by atoms with Crippen LogP contribution in [0.4, 0.5) is 0 Å². The van der Waals surface area contributed by atoms with Crippen LogP contribution in [0.2, 0.25) is 0 Å². The number of hydrogen-bond acceptors (Lipinski definition) is 7. The fourth-order valence-electron chi connectivity index (χ4n) is 3.33. The van der Waals surface area contributed by atoms with E-state index in [2.05, 4.69) is 15.4 Å². The summed E-state index contributed by atoms with van der Waals surface area (Å²) in [6.07, 6.45) is 2.61. The molecule has 1 amide bonds. The van der Waals surface area contributed by atoms with Crippen LogP contribution in [0.1, 0.15) is 43.0 Å². The highest BCUT2D eigenvalue weighted by molar-refractivity contribution is 5.85. The lowest BCUT2D eigenvalue weighted by atomic mass is 10.1. The van der Waals surface area contributed by atoms with Gasteiger partial charge in [-0.25, -0.2) is 9.67 Å². The standard InChI is InChI=1S/C20H29N5O4.ClH/c1-13(21)20-23-18(10-14-6-7-16(27-2)17(9-14)28-3)24-25(20)12-19(26)22-11-15-5-4-8-29-15;/h6-7,9,13,15H,4-5,8,10-12,21H2,1-3H3,(H,22,26);1H/t13-,15+;/m1./s1. The quantitative estimate of drug-likeness (QED) is 0.610. The molecule has 0 saturated carbocycles. The van der Waals surface area contributed by atoms with Gasteiger partial charge in [-0.05, 0) is 37.5 Å². The van der Waals surface area contributed by atoms with Crippen molar-refractivity contribution in [3.8, 4) is 11.5 Å². The lowest BCUT2D eigenvalue weighted by Crippen LogP contribution is -2.35. The zero-order valence-electron chi connectivity index (χ0n) is 17.6. The van der Waals surface area contributed by atoms with Crippen LogP contribution in [0.3, 0.4) is 0 Å². The Labute approximate surface area is 182 Å². The van der Waals surface area contributed by atoms with Crippen molar-refractivity contribution < 1.29 is 19.0 Å². The molecular formula is C20H30ClN5O4. The van der Waals surface area contributed by atoms with Gasteiger partial charge in [0, 0.05) is 19.6 Å². The van der Waals surface area contributed by atoms with E-state index in [0.29, 0.717) is 36.1 Å². The second-order valence-corrected chi connectivity index (χ2v) is 7.14. The number of benzene rings is 1. The van der Waals surface area contributed by atoms with E-state index in [4.69, 9.17) is 19.9 Å². The van der Waals surface area contributed by atoms with Crippen molar-refractivity contribution in [2.24, 2.45) is 5.73 Å². The van der Waals surface area contributed by atoms with Gasteiger partial charge in [-0.15, -0.1) is 12.4 Å². The summed E-state index contributed by atoms with van der Waals surface area (Å²) in [6, 6.07) is 5.32. The summed E-state index contributed by atoms with van der Waals surface area (Å²) in [7, 11) is 3.19. The molecule has 2 heterocycles. The minimum absolute atomic E-state index is 0. The van der Waals surface area contributed by atoms with Crippen molar-refractivity contribution in [2.75, 3.05) is 27.4 Å². The zero-order valence-corrected chi connectivity index (χ0v) is 18.4. The summed E-state index contributed by atoms with van der Waals surface area (Å²) in [6.45, 7) is 3.17. The number of ether oxygens (including phenoxy) is 3. The van der Waals surface area contributed by atoms with E-state index in [0.717, 1.165) is 25.0 Å². The minimum atomic E-state index is -0.340. The van der Waals surface area contributed by atoms with Gasteiger partial charge in [0.05, 0.1) is 26.4 Å². The van der Waals surface area contributed by atoms with Crippen molar-refractivity contribution in [2.45, 2.75) is 44.9 Å². The average Bonchev–Trinajstić information content (AvgIpc) is 3.36. The fraction of sp³-hybridized carbons (Fsp3) is 0.550. The van der Waals surface area contributed by atoms with Crippen LogP contribution in [-0.4, -0.2) is 54.1 Å². The number of nitrogens with one attached hydrogen (secondary N) is 1. The topological polar surface area (TPSA) is 114 Å². The highest BCUT2D eigenvalue weighted by Crippen LogP contribution is 2.28. The molecular weight excluding hydrogens is 410 g/mol. The predicted octanol–water partition coefficient (Wildman–Crippen LogP) is 1.62. The molecule has 1 saturated heterocycles. The van der Waals surface area contributed by atoms with Crippen LogP contribution < -0.4 is 20.5 Å². The van der Waals surface area contributed by atoms with Crippen molar-refractivity contribution in [1.82, 2.24) is 20.1 Å². The lowest BCUT2D eigenvalue weighted by Gasteiger charge is -2.12. The smallest absolute Gasteiger partial charge is 0.241 e. The number of nitrogens with zero attached hydrogens (tertiary/aromatic N) is 3. The first-order valence-corrected chi connectivity index (χ1v) is 9.78. The molecule has 30 heavy (non-hydrogen) atoms. The number of nitrogens with two attached hydrogens (primary N) is 1. The van der Waals surface area contributed by atoms with E-state index in [1.54, 1.807) is 18.9 Å². The van der Waals surface area contributed by atoms with Crippen LogP contribution in [-0.2, 0) is 22.5 Å². The van der Waals surface area contributed by atoms with E-state index in [9.17, 15) is 4.79 Å². The van der Waals surface area contributed by atoms with Gasteiger partial charge in [-0.3, -0.25) is 4.79 Å². The highest BCUT2D eigenvalue weighted by Gasteiger charge is 2.19. The molecule has 0 unspecified atom stereocenters. The molecule has 1 fully saturated rings. The van der Waals surface area contributed by atoms with Crippen molar-refractivity contribution in [3.63, 3.8) is 0 Å². The Morgan fingerprint density at radius 1 is 1.37 bits per heavy atom. The first-order chi connectivity index (χ1) is 14.0. The van der Waals surface area contributed by atoms with Gasteiger partial charge in [0.25, 0.3) is 0 Å². The number of hydrogen-bond donors (Lipinski definition) is 2. The molecule has 3 N–H and O–H groups in total. The van der Waals surface area contributed by atoms with Crippen molar-refractivity contribution in [1.29, 1.82) is 0 Å². The molecule has 1 aliphatic heterocycles. The Kier molecular flexibility index (Phi) is 8.88. The van der Waals surface area contributed by atoms with E-state index in [1.165, 1.54) is 0 Å². The zero-order chi connectivity index (χ0) is 20.8. The molecule has 1 aliphatic rings. The Morgan fingerprint density at radius 2 is 2.13 bits per heavy atom. The number of carbonyl (C=O) groups excluding carboxylic acids is 1. The average molecular weight is 440 g/mol. The van der Waals surface area contributed by atoms with E-state index in [1.807, 2.05) is 25.1 Å². The van der Waals surface area contributed by atoms with Crippen LogP contribution in [0.15, 0.2) is 18.2 Å². The van der Waals surface area contributed by atoms with Gasteiger partial charge in [0.2, 0.25) is 5.91 Å². The van der Waals surface area contributed by atoms with E-state index in [-0.39, 0.29) is 37.0 Å². The summed E-state index contributed by atoms with van der Waals surface area (Å²) in [5.74, 6) is 2.34. The van der Waals surface area contributed by atoms with Crippen LogP contribution in [0, 0.1) is 0 Å². The Balaban J connectivity index is 0.00000320. The first kappa shape index (κ1) is 23.9.